The van der Waals surface area contributed by atoms with Gasteiger partial charge < -0.3 is 14.7 Å². The predicted octanol–water partition coefficient (Wildman–Crippen LogP) is -1.55. The molecular formula is C21H36N4O3S+2. The van der Waals surface area contributed by atoms with E-state index in [1.807, 2.05) is 17.0 Å². The summed E-state index contributed by atoms with van der Waals surface area (Å²) in [5, 5.41) is 0. The highest BCUT2D eigenvalue weighted by molar-refractivity contribution is 7.89. The molecule has 2 saturated heterocycles. The summed E-state index contributed by atoms with van der Waals surface area (Å²) in [6.45, 7) is 10.7. The molecule has 0 unspecified atom stereocenters. The van der Waals surface area contributed by atoms with E-state index in [2.05, 4.69) is 20.9 Å². The summed E-state index contributed by atoms with van der Waals surface area (Å²) >= 11 is 0. The van der Waals surface area contributed by atoms with Gasteiger partial charge in [0.2, 0.25) is 10.0 Å². The molecule has 7 nitrogen and oxygen atoms in total. The van der Waals surface area contributed by atoms with Crippen molar-refractivity contribution in [2.45, 2.75) is 31.1 Å². The zero-order chi connectivity index (χ0) is 21.0. The van der Waals surface area contributed by atoms with Crippen LogP contribution in [-0.2, 0) is 14.8 Å². The molecule has 0 radical (unpaired) electrons. The number of benzene rings is 1. The van der Waals surface area contributed by atoms with E-state index in [9.17, 15) is 13.2 Å². The predicted molar refractivity (Wildman–Crippen MR) is 113 cm³/mol. The van der Waals surface area contributed by atoms with Crippen molar-refractivity contribution in [3.05, 3.63) is 29.8 Å². The molecule has 8 heteroatoms. The summed E-state index contributed by atoms with van der Waals surface area (Å²) in [4.78, 5) is 17.7. The molecule has 3 rings (SSSR count). The van der Waals surface area contributed by atoms with Crippen molar-refractivity contribution in [2.24, 2.45) is 0 Å². The molecule has 0 saturated carbocycles. The molecule has 0 aliphatic carbocycles. The van der Waals surface area contributed by atoms with E-state index in [-0.39, 0.29) is 5.91 Å². The maximum absolute atomic E-state index is 13.0. The number of carbonyl (C=O) groups excluding carboxylic acids is 1. The Kier molecular flexibility index (Phi) is 7.32. The van der Waals surface area contributed by atoms with Crippen LogP contribution in [0.4, 0.5) is 0 Å². The third-order valence-electron chi connectivity index (χ3n) is 6.50. The number of carbonyl (C=O) groups is 1. The Morgan fingerprint density at radius 1 is 1.03 bits per heavy atom. The molecule has 162 valence electrons. The molecule has 0 bridgehead atoms. The fourth-order valence-electron chi connectivity index (χ4n) is 4.06. The third kappa shape index (κ3) is 5.36. The fraction of sp³-hybridized carbons (Fsp3) is 0.667. The van der Waals surface area contributed by atoms with Gasteiger partial charge in [0.25, 0.3) is 5.91 Å². The number of nitrogens with zero attached hydrogens (tertiary/aromatic N) is 2. The van der Waals surface area contributed by atoms with Crippen LogP contribution in [0.15, 0.2) is 29.2 Å². The highest BCUT2D eigenvalue weighted by atomic mass is 32.2. The average Bonchev–Trinajstić information content (AvgIpc) is 2.75. The molecule has 1 aromatic carbocycles. The Hall–Kier alpha value is -1.48. The SMILES string of the molecule is CC[C@@H](C)c1ccc(S(=O)(=O)N2CCN(C(=O)C[NH+]3CC[NH+](C)CC3)CC2)cc1. The third-order valence-corrected chi connectivity index (χ3v) is 8.42. The van der Waals surface area contributed by atoms with E-state index < -0.39 is 10.0 Å². The number of piperazine rings is 2. The van der Waals surface area contributed by atoms with Crippen LogP contribution in [0.3, 0.4) is 0 Å². The monoisotopic (exact) mass is 424 g/mol. The summed E-state index contributed by atoms with van der Waals surface area (Å²) in [7, 11) is -1.32. The van der Waals surface area contributed by atoms with Gasteiger partial charge in [0, 0.05) is 26.2 Å². The number of hydrogen-bond acceptors (Lipinski definition) is 3. The zero-order valence-corrected chi connectivity index (χ0v) is 18.8. The molecular weight excluding hydrogens is 388 g/mol. The van der Waals surface area contributed by atoms with Gasteiger partial charge in [0.15, 0.2) is 6.54 Å². The summed E-state index contributed by atoms with van der Waals surface area (Å²) in [6, 6.07) is 7.27. The zero-order valence-electron chi connectivity index (χ0n) is 18.0. The molecule has 2 N–H and O–H groups in total. The largest absolute Gasteiger partial charge is 0.335 e. The van der Waals surface area contributed by atoms with Crippen LogP contribution in [0.5, 0.6) is 0 Å². The average molecular weight is 425 g/mol. The first-order chi connectivity index (χ1) is 13.8. The Bertz CT molecular complexity index is 781. The number of likely N-dealkylation sites (N-methyl/N-ethyl adjacent to an activating group) is 1. The van der Waals surface area contributed by atoms with Crippen LogP contribution in [0, 0.1) is 0 Å². The summed E-state index contributed by atoms with van der Waals surface area (Å²) < 4.78 is 27.5. The maximum Gasteiger partial charge on any atom is 0.277 e. The van der Waals surface area contributed by atoms with E-state index >= 15 is 0 Å². The van der Waals surface area contributed by atoms with Crippen molar-refractivity contribution < 1.29 is 23.0 Å². The number of quaternary nitrogens is 2. The van der Waals surface area contributed by atoms with E-state index in [4.69, 9.17) is 0 Å². The van der Waals surface area contributed by atoms with Gasteiger partial charge >= 0.3 is 0 Å². The number of sulfonamides is 1. The second kappa shape index (κ2) is 9.55. The topological polar surface area (TPSA) is 66.6 Å². The number of rotatable bonds is 6. The molecule has 1 atom stereocenters. The lowest BCUT2D eigenvalue weighted by molar-refractivity contribution is -1.000. The van der Waals surface area contributed by atoms with Crippen LogP contribution in [0.2, 0.25) is 0 Å². The molecule has 2 aliphatic rings. The lowest BCUT2D eigenvalue weighted by Crippen LogP contribution is -3.27. The lowest BCUT2D eigenvalue weighted by Gasteiger charge is -2.35. The Balaban J connectivity index is 1.54. The molecule has 29 heavy (non-hydrogen) atoms. The van der Waals surface area contributed by atoms with Gasteiger partial charge in [-0.3, -0.25) is 4.79 Å². The van der Waals surface area contributed by atoms with Crippen LogP contribution in [0.25, 0.3) is 0 Å². The number of amides is 1. The Morgan fingerprint density at radius 3 is 2.17 bits per heavy atom. The van der Waals surface area contributed by atoms with Gasteiger partial charge in [0.1, 0.15) is 26.2 Å². The lowest BCUT2D eigenvalue weighted by atomic mass is 9.99. The van der Waals surface area contributed by atoms with Crippen molar-refractivity contribution in [3.63, 3.8) is 0 Å². The highest BCUT2D eigenvalue weighted by Crippen LogP contribution is 2.23. The summed E-state index contributed by atoms with van der Waals surface area (Å²) in [5.41, 5.74) is 1.16. The van der Waals surface area contributed by atoms with Gasteiger partial charge in [-0.25, -0.2) is 8.42 Å². The molecule has 0 aromatic heterocycles. The first-order valence-electron chi connectivity index (χ1n) is 10.8. The van der Waals surface area contributed by atoms with E-state index in [1.165, 1.54) is 14.1 Å². The molecule has 2 aliphatic heterocycles. The first-order valence-corrected chi connectivity index (χ1v) is 12.3. The van der Waals surface area contributed by atoms with Crippen molar-refractivity contribution >= 4 is 15.9 Å². The second-order valence-corrected chi connectivity index (χ2v) is 10.5. The van der Waals surface area contributed by atoms with E-state index in [0.29, 0.717) is 43.5 Å². The van der Waals surface area contributed by atoms with Crippen LogP contribution in [-0.4, -0.2) is 89.5 Å². The van der Waals surface area contributed by atoms with Crippen LogP contribution < -0.4 is 9.80 Å². The van der Waals surface area contributed by atoms with Crippen molar-refractivity contribution in [1.29, 1.82) is 0 Å². The standard InChI is InChI=1S/C21H34N4O3S/c1-4-18(2)19-5-7-20(8-6-19)29(27,28)25-15-13-24(14-16-25)21(26)17-23-11-9-22(3)10-12-23/h5-8,18H,4,9-17H2,1-3H3/p+2/t18-/m1/s1. The van der Waals surface area contributed by atoms with Crippen molar-refractivity contribution in [3.8, 4) is 0 Å². The minimum atomic E-state index is -3.51. The minimum absolute atomic E-state index is 0.148. The maximum atomic E-state index is 13.0. The molecule has 2 heterocycles. The minimum Gasteiger partial charge on any atom is -0.335 e. The molecule has 0 spiro atoms. The van der Waals surface area contributed by atoms with Crippen molar-refractivity contribution in [2.75, 3.05) is 66.0 Å². The Labute approximate surface area is 175 Å². The number of hydrogen-bond donors (Lipinski definition) is 2. The second-order valence-electron chi connectivity index (χ2n) is 8.55. The molecule has 1 aromatic rings. The van der Waals surface area contributed by atoms with E-state index in [1.54, 1.807) is 12.1 Å². The summed E-state index contributed by atoms with van der Waals surface area (Å²) in [5.74, 6) is 0.569. The highest BCUT2D eigenvalue weighted by Gasteiger charge is 2.32. The van der Waals surface area contributed by atoms with Crippen LogP contribution >= 0.6 is 0 Å². The van der Waals surface area contributed by atoms with Gasteiger partial charge in [-0.1, -0.05) is 26.0 Å². The van der Waals surface area contributed by atoms with Gasteiger partial charge in [-0.05, 0) is 30.0 Å². The Morgan fingerprint density at radius 2 is 1.62 bits per heavy atom. The fourth-order valence-corrected chi connectivity index (χ4v) is 5.49. The van der Waals surface area contributed by atoms with Crippen molar-refractivity contribution in [1.82, 2.24) is 9.21 Å². The molecule has 1 amide bonds. The van der Waals surface area contributed by atoms with Crippen LogP contribution in [0.1, 0.15) is 31.7 Å². The normalized spacial score (nSPS) is 25.0. The quantitative estimate of drug-likeness (QED) is 0.581. The van der Waals surface area contributed by atoms with Gasteiger partial charge in [0.05, 0.1) is 11.9 Å². The smallest absolute Gasteiger partial charge is 0.277 e. The molecule has 2 fully saturated rings. The summed E-state index contributed by atoms with van der Waals surface area (Å²) in [6.07, 6.45) is 1.03. The van der Waals surface area contributed by atoms with Gasteiger partial charge in [-0.2, -0.15) is 4.31 Å². The van der Waals surface area contributed by atoms with Gasteiger partial charge in [-0.15, -0.1) is 0 Å². The number of nitrogens with one attached hydrogen (secondary N) is 2. The first kappa shape index (κ1) is 22.2. The van der Waals surface area contributed by atoms with E-state index in [0.717, 1.165) is 38.2 Å².